The fourth-order valence-electron chi connectivity index (χ4n) is 2.45. The summed E-state index contributed by atoms with van der Waals surface area (Å²) in [6.45, 7) is 1.88. The first-order valence-corrected chi connectivity index (χ1v) is 6.04. The molecule has 1 atom stereocenters. The average Bonchev–Trinajstić information content (AvgIpc) is 3.14. The Morgan fingerprint density at radius 3 is 2.44 bits per heavy atom. The normalized spacial score (nSPS) is 16.2. The third-order valence-electron chi connectivity index (χ3n) is 3.51. The molecule has 0 saturated heterocycles. The van der Waals surface area contributed by atoms with Crippen molar-refractivity contribution in [3.63, 3.8) is 0 Å². The van der Waals surface area contributed by atoms with Crippen LogP contribution in [-0.4, -0.2) is 25.3 Å². The van der Waals surface area contributed by atoms with Crippen LogP contribution >= 0.6 is 0 Å². The van der Waals surface area contributed by atoms with Gasteiger partial charge in [0.2, 0.25) is 0 Å². The third kappa shape index (κ3) is 2.15. The number of carbonyl (C=O) groups is 1. The molecule has 1 N–H and O–H groups in total. The van der Waals surface area contributed by atoms with E-state index in [1.807, 2.05) is 19.1 Å². The van der Waals surface area contributed by atoms with Crippen LogP contribution in [0.3, 0.4) is 0 Å². The van der Waals surface area contributed by atoms with Gasteiger partial charge in [-0.25, -0.2) is 0 Å². The number of carboxylic acids is 1. The monoisotopic (exact) mass is 250 g/mol. The summed E-state index contributed by atoms with van der Waals surface area (Å²) in [7, 11) is 3.16. The fraction of sp³-hybridized carbons (Fsp3) is 0.500. The summed E-state index contributed by atoms with van der Waals surface area (Å²) in [6.07, 6.45) is 1.95. The number of benzene rings is 1. The summed E-state index contributed by atoms with van der Waals surface area (Å²) in [5.74, 6) is 0.346. The molecule has 0 bridgehead atoms. The maximum absolute atomic E-state index is 11.4. The second kappa shape index (κ2) is 4.88. The summed E-state index contributed by atoms with van der Waals surface area (Å²) >= 11 is 0. The molecule has 1 aliphatic carbocycles. The molecule has 1 saturated carbocycles. The molecule has 1 aromatic carbocycles. The van der Waals surface area contributed by atoms with Crippen LogP contribution in [0.2, 0.25) is 0 Å². The molecule has 98 valence electrons. The van der Waals surface area contributed by atoms with E-state index in [0.29, 0.717) is 5.75 Å². The van der Waals surface area contributed by atoms with E-state index in [0.717, 1.165) is 29.7 Å². The molecule has 1 aromatic rings. The van der Waals surface area contributed by atoms with Crippen LogP contribution in [0.5, 0.6) is 11.5 Å². The number of ether oxygens (including phenoxy) is 2. The van der Waals surface area contributed by atoms with E-state index in [4.69, 9.17) is 9.47 Å². The SMILES string of the molecule is COc1ccc(C(C(=O)O)C2CC2)c(OC)c1C. The molecule has 1 aliphatic rings. The van der Waals surface area contributed by atoms with Crippen molar-refractivity contribution in [3.8, 4) is 11.5 Å². The molecule has 0 heterocycles. The van der Waals surface area contributed by atoms with Crippen molar-refractivity contribution >= 4 is 5.97 Å². The highest BCUT2D eigenvalue weighted by atomic mass is 16.5. The van der Waals surface area contributed by atoms with Gasteiger partial charge in [0.25, 0.3) is 0 Å². The maximum atomic E-state index is 11.4. The lowest BCUT2D eigenvalue weighted by atomic mass is 9.91. The van der Waals surface area contributed by atoms with E-state index in [9.17, 15) is 9.90 Å². The minimum Gasteiger partial charge on any atom is -0.496 e. The van der Waals surface area contributed by atoms with E-state index >= 15 is 0 Å². The van der Waals surface area contributed by atoms with Gasteiger partial charge in [-0.1, -0.05) is 6.07 Å². The molecular formula is C14H18O4. The molecule has 1 unspecified atom stereocenters. The highest BCUT2D eigenvalue weighted by molar-refractivity contribution is 5.78. The Bertz CT molecular complexity index is 463. The van der Waals surface area contributed by atoms with Crippen molar-refractivity contribution in [1.29, 1.82) is 0 Å². The topological polar surface area (TPSA) is 55.8 Å². The van der Waals surface area contributed by atoms with Crippen LogP contribution in [0.15, 0.2) is 12.1 Å². The zero-order valence-corrected chi connectivity index (χ0v) is 10.9. The second-order valence-electron chi connectivity index (χ2n) is 4.67. The summed E-state index contributed by atoms with van der Waals surface area (Å²) in [5.41, 5.74) is 1.61. The molecule has 0 aliphatic heterocycles. The van der Waals surface area contributed by atoms with Crippen LogP contribution in [0, 0.1) is 12.8 Å². The summed E-state index contributed by atoms with van der Waals surface area (Å²) in [5, 5.41) is 9.39. The standard InChI is InChI=1S/C14H18O4/c1-8-11(17-2)7-6-10(13(8)18-3)12(14(15)16)9-4-5-9/h6-7,9,12H,4-5H2,1-3H3,(H,15,16). The fourth-order valence-corrected chi connectivity index (χ4v) is 2.45. The van der Waals surface area contributed by atoms with Crippen molar-refractivity contribution in [2.75, 3.05) is 14.2 Å². The second-order valence-corrected chi connectivity index (χ2v) is 4.67. The first-order chi connectivity index (χ1) is 8.60. The quantitative estimate of drug-likeness (QED) is 0.872. The predicted octanol–water partition coefficient (Wildman–Crippen LogP) is 2.59. The van der Waals surface area contributed by atoms with Gasteiger partial charge in [-0.05, 0) is 31.7 Å². The number of hydrogen-bond acceptors (Lipinski definition) is 3. The van der Waals surface area contributed by atoms with Gasteiger partial charge >= 0.3 is 5.97 Å². The molecule has 4 nitrogen and oxygen atoms in total. The van der Waals surface area contributed by atoms with Crippen LogP contribution in [0.25, 0.3) is 0 Å². The van der Waals surface area contributed by atoms with Crippen LogP contribution in [0.1, 0.15) is 29.9 Å². The van der Waals surface area contributed by atoms with E-state index < -0.39 is 11.9 Å². The van der Waals surface area contributed by atoms with Gasteiger partial charge in [0, 0.05) is 11.1 Å². The molecular weight excluding hydrogens is 232 g/mol. The van der Waals surface area contributed by atoms with Gasteiger partial charge in [-0.15, -0.1) is 0 Å². The highest BCUT2D eigenvalue weighted by Gasteiger charge is 2.39. The van der Waals surface area contributed by atoms with Crippen molar-refractivity contribution < 1.29 is 19.4 Å². The molecule has 0 radical (unpaired) electrons. The van der Waals surface area contributed by atoms with Crippen molar-refractivity contribution in [3.05, 3.63) is 23.3 Å². The largest absolute Gasteiger partial charge is 0.496 e. The molecule has 0 spiro atoms. The smallest absolute Gasteiger partial charge is 0.311 e. The molecule has 4 heteroatoms. The predicted molar refractivity (Wildman–Crippen MR) is 67.4 cm³/mol. The maximum Gasteiger partial charge on any atom is 0.311 e. The van der Waals surface area contributed by atoms with E-state index in [1.54, 1.807) is 14.2 Å². The first-order valence-electron chi connectivity index (χ1n) is 6.04. The number of aliphatic carboxylic acids is 1. The number of rotatable bonds is 5. The lowest BCUT2D eigenvalue weighted by molar-refractivity contribution is -0.139. The lowest BCUT2D eigenvalue weighted by Crippen LogP contribution is -2.15. The van der Waals surface area contributed by atoms with E-state index in [-0.39, 0.29) is 5.92 Å². The minimum absolute atomic E-state index is 0.240. The Morgan fingerprint density at radius 1 is 1.33 bits per heavy atom. The number of methoxy groups -OCH3 is 2. The van der Waals surface area contributed by atoms with Gasteiger partial charge in [0.1, 0.15) is 11.5 Å². The van der Waals surface area contributed by atoms with E-state index in [2.05, 4.69) is 0 Å². The Labute approximate surface area is 107 Å². The molecule has 18 heavy (non-hydrogen) atoms. The van der Waals surface area contributed by atoms with Crippen LogP contribution < -0.4 is 9.47 Å². The van der Waals surface area contributed by atoms with Gasteiger partial charge < -0.3 is 14.6 Å². The molecule has 0 amide bonds. The van der Waals surface area contributed by atoms with E-state index in [1.165, 1.54) is 0 Å². The Hall–Kier alpha value is -1.71. The van der Waals surface area contributed by atoms with Crippen LogP contribution in [0.4, 0.5) is 0 Å². The first kappa shape index (κ1) is 12.7. The molecule has 1 fully saturated rings. The summed E-state index contributed by atoms with van der Waals surface area (Å²) in [6, 6.07) is 3.62. The molecule has 2 rings (SSSR count). The lowest BCUT2D eigenvalue weighted by Gasteiger charge is -2.19. The van der Waals surface area contributed by atoms with Gasteiger partial charge in [-0.2, -0.15) is 0 Å². The number of hydrogen-bond donors (Lipinski definition) is 1. The Balaban J connectivity index is 2.49. The van der Waals surface area contributed by atoms with Gasteiger partial charge in [-0.3, -0.25) is 4.79 Å². The van der Waals surface area contributed by atoms with Crippen LogP contribution in [-0.2, 0) is 4.79 Å². The summed E-state index contributed by atoms with van der Waals surface area (Å²) in [4.78, 5) is 11.4. The Morgan fingerprint density at radius 2 is 2.00 bits per heavy atom. The van der Waals surface area contributed by atoms with Crippen molar-refractivity contribution in [1.82, 2.24) is 0 Å². The number of carboxylic acid groups (broad SMARTS) is 1. The van der Waals surface area contributed by atoms with Crippen molar-refractivity contribution in [2.45, 2.75) is 25.7 Å². The minimum atomic E-state index is -0.777. The zero-order valence-electron chi connectivity index (χ0n) is 10.9. The van der Waals surface area contributed by atoms with Gasteiger partial charge in [0.15, 0.2) is 0 Å². The Kier molecular flexibility index (Phi) is 3.45. The zero-order chi connectivity index (χ0) is 13.3. The van der Waals surface area contributed by atoms with Crippen molar-refractivity contribution in [2.24, 2.45) is 5.92 Å². The third-order valence-corrected chi connectivity index (χ3v) is 3.51. The average molecular weight is 250 g/mol. The summed E-state index contributed by atoms with van der Waals surface area (Å²) < 4.78 is 10.6. The van der Waals surface area contributed by atoms with Gasteiger partial charge in [0.05, 0.1) is 20.1 Å². The molecule has 0 aromatic heterocycles. The highest BCUT2D eigenvalue weighted by Crippen LogP contribution is 2.47.